The van der Waals surface area contributed by atoms with Crippen LogP contribution in [0, 0.1) is 17.3 Å². The molecule has 1 aliphatic carbocycles. The maximum Gasteiger partial charge on any atom is 0.222 e. The SMILES string of the molecule is COC[C@@H]1CN(C)C[C@@]12CCN(C(=O)CC1Cc3ccccc3C1)C2. The average Bonchev–Trinajstić information content (AvgIpc) is 3.26. The molecule has 4 rings (SSSR count). The molecule has 2 aliphatic heterocycles. The lowest BCUT2D eigenvalue weighted by Gasteiger charge is -2.30. The van der Waals surface area contributed by atoms with Gasteiger partial charge in [0.2, 0.25) is 5.91 Å². The summed E-state index contributed by atoms with van der Waals surface area (Å²) in [6, 6.07) is 8.66. The quantitative estimate of drug-likeness (QED) is 0.841. The molecule has 0 N–H and O–H groups in total. The first-order valence-electron chi connectivity index (χ1n) is 9.62. The monoisotopic (exact) mass is 342 g/mol. The zero-order valence-electron chi connectivity index (χ0n) is 15.5. The number of carbonyl (C=O) groups excluding carboxylic acids is 1. The first kappa shape index (κ1) is 17.0. The zero-order valence-corrected chi connectivity index (χ0v) is 15.5. The van der Waals surface area contributed by atoms with E-state index < -0.39 is 0 Å². The lowest BCUT2D eigenvalue weighted by atomic mass is 9.77. The van der Waals surface area contributed by atoms with E-state index in [1.807, 2.05) is 0 Å². The van der Waals surface area contributed by atoms with E-state index in [4.69, 9.17) is 4.74 Å². The van der Waals surface area contributed by atoms with Gasteiger partial charge >= 0.3 is 0 Å². The van der Waals surface area contributed by atoms with Crippen molar-refractivity contribution in [3.05, 3.63) is 35.4 Å². The molecule has 2 fully saturated rings. The van der Waals surface area contributed by atoms with Crippen molar-refractivity contribution in [1.82, 2.24) is 9.80 Å². The van der Waals surface area contributed by atoms with Crippen LogP contribution in [0.25, 0.3) is 0 Å². The minimum atomic E-state index is 0.249. The van der Waals surface area contributed by atoms with Gasteiger partial charge in [-0.15, -0.1) is 0 Å². The molecule has 1 spiro atoms. The Morgan fingerprint density at radius 1 is 1.24 bits per heavy atom. The summed E-state index contributed by atoms with van der Waals surface area (Å²) in [4.78, 5) is 17.5. The van der Waals surface area contributed by atoms with E-state index >= 15 is 0 Å². The van der Waals surface area contributed by atoms with E-state index in [2.05, 4.69) is 41.1 Å². The van der Waals surface area contributed by atoms with Crippen molar-refractivity contribution >= 4 is 5.91 Å². The molecule has 3 aliphatic rings. The van der Waals surface area contributed by atoms with Crippen LogP contribution in [0.5, 0.6) is 0 Å². The first-order chi connectivity index (χ1) is 12.1. The van der Waals surface area contributed by atoms with Crippen molar-refractivity contribution in [1.29, 1.82) is 0 Å². The molecule has 1 amide bonds. The minimum absolute atomic E-state index is 0.249. The van der Waals surface area contributed by atoms with Gasteiger partial charge in [-0.3, -0.25) is 4.79 Å². The molecule has 2 heterocycles. The highest BCUT2D eigenvalue weighted by Crippen LogP contribution is 2.44. The largest absolute Gasteiger partial charge is 0.384 e. The summed E-state index contributed by atoms with van der Waals surface area (Å²) in [5.74, 6) is 1.40. The number of fused-ring (bicyclic) bond motifs is 1. The van der Waals surface area contributed by atoms with Gasteiger partial charge in [-0.25, -0.2) is 0 Å². The number of likely N-dealkylation sites (tertiary alicyclic amines) is 2. The third kappa shape index (κ3) is 3.22. The van der Waals surface area contributed by atoms with Gasteiger partial charge < -0.3 is 14.5 Å². The summed E-state index contributed by atoms with van der Waals surface area (Å²) < 4.78 is 5.47. The van der Waals surface area contributed by atoms with E-state index in [-0.39, 0.29) is 5.41 Å². The second kappa shape index (κ2) is 6.73. The number of hydrogen-bond donors (Lipinski definition) is 0. The molecule has 0 aromatic heterocycles. The second-order valence-corrected chi connectivity index (χ2v) is 8.52. The fourth-order valence-corrected chi connectivity index (χ4v) is 5.47. The van der Waals surface area contributed by atoms with Crippen LogP contribution >= 0.6 is 0 Å². The van der Waals surface area contributed by atoms with Crippen LogP contribution in [0.2, 0.25) is 0 Å². The van der Waals surface area contributed by atoms with E-state index in [0.717, 1.165) is 52.0 Å². The molecular weight excluding hydrogens is 312 g/mol. The maximum absolute atomic E-state index is 12.9. The van der Waals surface area contributed by atoms with E-state index in [1.165, 1.54) is 11.1 Å². The van der Waals surface area contributed by atoms with E-state index in [1.54, 1.807) is 7.11 Å². The summed E-state index contributed by atoms with van der Waals surface area (Å²) in [5, 5.41) is 0. The second-order valence-electron chi connectivity index (χ2n) is 8.52. The molecule has 25 heavy (non-hydrogen) atoms. The van der Waals surface area contributed by atoms with Crippen LogP contribution in [0.4, 0.5) is 0 Å². The molecule has 0 bridgehead atoms. The Hall–Kier alpha value is -1.39. The summed E-state index contributed by atoms with van der Waals surface area (Å²) in [5.41, 5.74) is 3.13. The smallest absolute Gasteiger partial charge is 0.222 e. The molecule has 0 radical (unpaired) electrons. The van der Waals surface area contributed by atoms with Crippen LogP contribution in [-0.2, 0) is 22.4 Å². The molecule has 2 saturated heterocycles. The molecule has 1 aromatic rings. The highest BCUT2D eigenvalue weighted by atomic mass is 16.5. The lowest BCUT2D eigenvalue weighted by Crippen LogP contribution is -2.38. The van der Waals surface area contributed by atoms with Crippen molar-refractivity contribution in [2.75, 3.05) is 46.9 Å². The first-order valence-corrected chi connectivity index (χ1v) is 9.62. The molecule has 136 valence electrons. The van der Waals surface area contributed by atoms with Crippen LogP contribution in [0.3, 0.4) is 0 Å². The topological polar surface area (TPSA) is 32.8 Å². The number of amides is 1. The molecule has 0 unspecified atom stereocenters. The fourth-order valence-electron chi connectivity index (χ4n) is 5.47. The number of ether oxygens (including phenoxy) is 1. The van der Waals surface area contributed by atoms with E-state index in [0.29, 0.717) is 24.2 Å². The number of carbonyl (C=O) groups is 1. The standard InChI is InChI=1S/C21H30N2O2/c1-22-12-19(13-25-2)21(14-22)7-8-23(15-21)20(24)11-16-9-17-5-3-4-6-18(17)10-16/h3-6,16,19H,7-15H2,1-2H3/t19-,21+/m0/s1. The normalized spacial score (nSPS) is 29.7. The third-order valence-electron chi connectivity index (χ3n) is 6.69. The number of hydrogen-bond acceptors (Lipinski definition) is 3. The summed E-state index contributed by atoms with van der Waals surface area (Å²) >= 11 is 0. The molecule has 0 saturated carbocycles. The molecule has 1 aromatic carbocycles. The number of methoxy groups -OCH3 is 1. The number of rotatable bonds is 4. The Bertz CT molecular complexity index is 622. The summed E-state index contributed by atoms with van der Waals surface area (Å²) in [6.07, 6.45) is 3.96. The Morgan fingerprint density at radius 2 is 1.96 bits per heavy atom. The van der Waals surface area contributed by atoms with Crippen molar-refractivity contribution in [3.8, 4) is 0 Å². The Labute approximate surface area is 151 Å². The van der Waals surface area contributed by atoms with Crippen molar-refractivity contribution in [2.45, 2.75) is 25.7 Å². The number of benzene rings is 1. The average molecular weight is 342 g/mol. The Morgan fingerprint density at radius 3 is 2.64 bits per heavy atom. The summed E-state index contributed by atoms with van der Waals surface area (Å²) in [7, 11) is 3.99. The third-order valence-corrected chi connectivity index (χ3v) is 6.69. The van der Waals surface area contributed by atoms with Gasteiger partial charge in [0.1, 0.15) is 0 Å². The van der Waals surface area contributed by atoms with Crippen LogP contribution in [0.1, 0.15) is 24.0 Å². The Balaban J connectivity index is 1.37. The van der Waals surface area contributed by atoms with Gasteiger partial charge in [0.15, 0.2) is 0 Å². The van der Waals surface area contributed by atoms with Crippen LogP contribution in [0.15, 0.2) is 24.3 Å². The predicted octanol–water partition coefficient (Wildman–Crippen LogP) is 2.22. The number of nitrogens with zero attached hydrogens (tertiary/aromatic N) is 2. The van der Waals surface area contributed by atoms with Crippen LogP contribution in [-0.4, -0.2) is 62.7 Å². The van der Waals surface area contributed by atoms with Gasteiger partial charge in [0.25, 0.3) is 0 Å². The highest BCUT2D eigenvalue weighted by molar-refractivity contribution is 5.77. The van der Waals surface area contributed by atoms with E-state index in [9.17, 15) is 4.79 Å². The van der Waals surface area contributed by atoms with Gasteiger partial charge in [-0.2, -0.15) is 0 Å². The van der Waals surface area contributed by atoms with Crippen LogP contribution < -0.4 is 0 Å². The van der Waals surface area contributed by atoms with Gasteiger partial charge in [-0.1, -0.05) is 24.3 Å². The molecule has 2 atom stereocenters. The van der Waals surface area contributed by atoms with Crippen molar-refractivity contribution in [2.24, 2.45) is 17.3 Å². The highest BCUT2D eigenvalue weighted by Gasteiger charge is 2.50. The Kier molecular flexibility index (Phi) is 4.59. The maximum atomic E-state index is 12.9. The predicted molar refractivity (Wildman–Crippen MR) is 98.5 cm³/mol. The zero-order chi connectivity index (χ0) is 17.4. The molecule has 4 nitrogen and oxygen atoms in total. The van der Waals surface area contributed by atoms with Gasteiger partial charge in [0, 0.05) is 51.0 Å². The minimum Gasteiger partial charge on any atom is -0.384 e. The molecular formula is C21H30N2O2. The molecule has 4 heteroatoms. The fraction of sp³-hybridized carbons (Fsp3) is 0.667. The summed E-state index contributed by atoms with van der Waals surface area (Å²) in [6.45, 7) is 4.84. The van der Waals surface area contributed by atoms with Crippen molar-refractivity contribution < 1.29 is 9.53 Å². The van der Waals surface area contributed by atoms with Crippen molar-refractivity contribution in [3.63, 3.8) is 0 Å². The van der Waals surface area contributed by atoms with Gasteiger partial charge in [0.05, 0.1) is 6.61 Å². The lowest BCUT2D eigenvalue weighted by molar-refractivity contribution is -0.131. The van der Waals surface area contributed by atoms with Gasteiger partial charge in [-0.05, 0) is 43.4 Å².